The molecule has 1 atom stereocenters. The summed E-state index contributed by atoms with van der Waals surface area (Å²) >= 11 is 0. The highest BCUT2D eigenvalue weighted by molar-refractivity contribution is 6.03. The number of nitrogens with one attached hydrogen (secondary N) is 1. The molecule has 0 saturated carbocycles. The number of H-pyrrole nitrogens is 1. The lowest BCUT2D eigenvalue weighted by Gasteiger charge is -2.23. The zero-order valence-corrected chi connectivity index (χ0v) is 15.9. The van der Waals surface area contributed by atoms with Gasteiger partial charge in [0.15, 0.2) is 5.78 Å². The van der Waals surface area contributed by atoms with Gasteiger partial charge in [-0.2, -0.15) is 0 Å². The van der Waals surface area contributed by atoms with Gasteiger partial charge in [-0.25, -0.2) is 9.18 Å². The van der Waals surface area contributed by atoms with Gasteiger partial charge in [0.1, 0.15) is 5.82 Å². The second kappa shape index (κ2) is 8.27. The van der Waals surface area contributed by atoms with Gasteiger partial charge >= 0.3 is 5.97 Å². The number of aromatic nitrogens is 1. The van der Waals surface area contributed by atoms with Crippen molar-refractivity contribution in [2.45, 2.75) is 40.3 Å². The molecular formula is C20H25FN2O3. The van der Waals surface area contributed by atoms with Crippen molar-refractivity contribution in [3.8, 4) is 0 Å². The SMILES string of the molecule is CCOC(=O)c1c(C)[nH]c(C(=O)[C@@H](C)N(C)Cc2cccc(F)c2)c1C. The molecule has 0 spiro atoms. The lowest BCUT2D eigenvalue weighted by molar-refractivity contribution is 0.0525. The second-order valence-corrected chi connectivity index (χ2v) is 6.43. The maximum Gasteiger partial charge on any atom is 0.340 e. The number of ketones is 1. The first-order valence-corrected chi connectivity index (χ1v) is 8.61. The molecule has 5 nitrogen and oxygen atoms in total. The second-order valence-electron chi connectivity index (χ2n) is 6.43. The predicted octanol–water partition coefficient (Wildman–Crippen LogP) is 3.65. The fraction of sp³-hybridized carbons (Fsp3) is 0.400. The molecule has 0 fully saturated rings. The van der Waals surface area contributed by atoms with Crippen molar-refractivity contribution >= 4 is 11.8 Å². The molecule has 0 aliphatic heterocycles. The van der Waals surface area contributed by atoms with E-state index in [1.54, 1.807) is 33.8 Å². The van der Waals surface area contributed by atoms with E-state index in [9.17, 15) is 14.0 Å². The van der Waals surface area contributed by atoms with E-state index in [0.717, 1.165) is 5.56 Å². The number of carbonyl (C=O) groups is 2. The number of hydrogen-bond acceptors (Lipinski definition) is 4. The van der Waals surface area contributed by atoms with Crippen molar-refractivity contribution in [1.82, 2.24) is 9.88 Å². The molecule has 0 bridgehead atoms. The molecule has 0 amide bonds. The Kier molecular flexibility index (Phi) is 6.32. The zero-order chi connectivity index (χ0) is 19.4. The number of likely N-dealkylation sites (N-methyl/N-ethyl adjacent to an activating group) is 1. The van der Waals surface area contributed by atoms with E-state index < -0.39 is 12.0 Å². The van der Waals surface area contributed by atoms with Crippen LogP contribution >= 0.6 is 0 Å². The molecular weight excluding hydrogens is 335 g/mol. The van der Waals surface area contributed by atoms with E-state index in [1.165, 1.54) is 12.1 Å². The van der Waals surface area contributed by atoms with Crippen LogP contribution < -0.4 is 0 Å². The molecule has 0 saturated heterocycles. The van der Waals surface area contributed by atoms with Crippen LogP contribution in [0.25, 0.3) is 0 Å². The van der Waals surface area contributed by atoms with Gasteiger partial charge in [-0.3, -0.25) is 9.69 Å². The quantitative estimate of drug-likeness (QED) is 0.605. The maximum atomic E-state index is 13.3. The van der Waals surface area contributed by atoms with Gasteiger partial charge in [-0.1, -0.05) is 12.1 Å². The van der Waals surface area contributed by atoms with Gasteiger partial charge in [0, 0.05) is 12.2 Å². The minimum atomic E-state index is -0.440. The highest BCUT2D eigenvalue weighted by atomic mass is 19.1. The third-order valence-corrected chi connectivity index (χ3v) is 4.53. The van der Waals surface area contributed by atoms with Crippen LogP contribution in [0.1, 0.15) is 51.5 Å². The topological polar surface area (TPSA) is 62.4 Å². The number of benzene rings is 1. The van der Waals surface area contributed by atoms with E-state index in [0.29, 0.717) is 29.1 Å². The predicted molar refractivity (Wildman–Crippen MR) is 97.9 cm³/mol. The number of rotatable bonds is 7. The first-order chi connectivity index (χ1) is 12.3. The van der Waals surface area contributed by atoms with Crippen LogP contribution in [0.15, 0.2) is 24.3 Å². The molecule has 26 heavy (non-hydrogen) atoms. The van der Waals surface area contributed by atoms with Crippen molar-refractivity contribution in [1.29, 1.82) is 0 Å². The number of ether oxygens (including phenoxy) is 1. The highest BCUT2D eigenvalue weighted by Crippen LogP contribution is 2.21. The summed E-state index contributed by atoms with van der Waals surface area (Å²) in [6.45, 7) is 7.73. The van der Waals surface area contributed by atoms with Crippen LogP contribution in [-0.2, 0) is 11.3 Å². The summed E-state index contributed by atoms with van der Waals surface area (Å²) in [6.07, 6.45) is 0. The molecule has 6 heteroatoms. The average molecular weight is 360 g/mol. The molecule has 0 aliphatic rings. The number of Topliss-reactive ketones (excluding diaryl/α,β-unsaturated/α-hetero) is 1. The molecule has 0 aliphatic carbocycles. The van der Waals surface area contributed by atoms with Gasteiger partial charge in [0.25, 0.3) is 0 Å². The van der Waals surface area contributed by atoms with Crippen LogP contribution in [0.5, 0.6) is 0 Å². The van der Waals surface area contributed by atoms with Crippen LogP contribution in [0.2, 0.25) is 0 Å². The maximum absolute atomic E-state index is 13.3. The van der Waals surface area contributed by atoms with Gasteiger partial charge in [0.2, 0.25) is 0 Å². The summed E-state index contributed by atoms with van der Waals surface area (Å²) in [6, 6.07) is 5.87. The molecule has 0 unspecified atom stereocenters. The van der Waals surface area contributed by atoms with E-state index in [2.05, 4.69) is 4.98 Å². The Morgan fingerprint density at radius 2 is 2.00 bits per heavy atom. The van der Waals surface area contributed by atoms with Crippen molar-refractivity contribution in [2.24, 2.45) is 0 Å². The molecule has 1 heterocycles. The number of carbonyl (C=O) groups excluding carboxylic acids is 2. The van der Waals surface area contributed by atoms with E-state index in [-0.39, 0.29) is 18.2 Å². The van der Waals surface area contributed by atoms with Crippen LogP contribution in [0, 0.1) is 19.7 Å². The van der Waals surface area contributed by atoms with E-state index >= 15 is 0 Å². The summed E-state index contributed by atoms with van der Waals surface area (Å²) in [5, 5.41) is 0. The van der Waals surface area contributed by atoms with Crippen LogP contribution in [-0.4, -0.2) is 41.3 Å². The van der Waals surface area contributed by atoms with Gasteiger partial charge < -0.3 is 9.72 Å². The number of aryl methyl sites for hydroxylation is 1. The molecule has 1 N–H and O–H groups in total. The van der Waals surface area contributed by atoms with E-state index in [4.69, 9.17) is 4.74 Å². The van der Waals surface area contributed by atoms with Crippen molar-refractivity contribution in [3.63, 3.8) is 0 Å². The number of aromatic amines is 1. The largest absolute Gasteiger partial charge is 0.462 e. The molecule has 1 aromatic carbocycles. The molecule has 0 radical (unpaired) electrons. The fourth-order valence-electron chi connectivity index (χ4n) is 2.98. The number of hydrogen-bond donors (Lipinski definition) is 1. The lowest BCUT2D eigenvalue weighted by Crippen LogP contribution is -2.36. The normalized spacial score (nSPS) is 12.3. The molecule has 2 aromatic rings. The molecule has 2 rings (SSSR count). The Hall–Kier alpha value is -2.47. The average Bonchev–Trinajstić information content (AvgIpc) is 2.88. The number of esters is 1. The highest BCUT2D eigenvalue weighted by Gasteiger charge is 2.27. The summed E-state index contributed by atoms with van der Waals surface area (Å²) in [5.41, 5.74) is 2.82. The summed E-state index contributed by atoms with van der Waals surface area (Å²) < 4.78 is 18.4. The minimum absolute atomic E-state index is 0.125. The lowest BCUT2D eigenvalue weighted by atomic mass is 10.0. The smallest absolute Gasteiger partial charge is 0.340 e. The standard InChI is InChI=1S/C20H25FN2O3/c1-6-26-20(25)17-12(2)18(22-13(17)3)19(24)14(4)23(5)11-15-8-7-9-16(21)10-15/h7-10,14,22H,6,11H2,1-5H3/t14-/m1/s1. The number of nitrogens with zero attached hydrogens (tertiary/aromatic N) is 1. The molecule has 1 aromatic heterocycles. The first-order valence-electron chi connectivity index (χ1n) is 8.61. The van der Waals surface area contributed by atoms with Gasteiger partial charge in [0.05, 0.1) is 23.9 Å². The third kappa shape index (κ3) is 4.19. The Balaban J connectivity index is 2.20. The summed E-state index contributed by atoms with van der Waals surface area (Å²) in [5.74, 6) is -0.858. The Morgan fingerprint density at radius 3 is 2.62 bits per heavy atom. The van der Waals surface area contributed by atoms with Crippen LogP contribution in [0.4, 0.5) is 4.39 Å². The van der Waals surface area contributed by atoms with Gasteiger partial charge in [-0.05, 0) is 58.0 Å². The first kappa shape index (κ1) is 19.8. The van der Waals surface area contributed by atoms with Crippen molar-refractivity contribution in [3.05, 3.63) is 58.2 Å². The van der Waals surface area contributed by atoms with Crippen LogP contribution in [0.3, 0.4) is 0 Å². The third-order valence-electron chi connectivity index (χ3n) is 4.53. The number of halogens is 1. The fourth-order valence-corrected chi connectivity index (χ4v) is 2.98. The minimum Gasteiger partial charge on any atom is -0.462 e. The van der Waals surface area contributed by atoms with Crippen molar-refractivity contribution < 1.29 is 18.7 Å². The zero-order valence-electron chi connectivity index (χ0n) is 15.9. The summed E-state index contributed by atoms with van der Waals surface area (Å²) in [7, 11) is 1.81. The monoisotopic (exact) mass is 360 g/mol. The van der Waals surface area contributed by atoms with Crippen molar-refractivity contribution in [2.75, 3.05) is 13.7 Å². The Morgan fingerprint density at radius 1 is 1.31 bits per heavy atom. The molecule has 140 valence electrons. The summed E-state index contributed by atoms with van der Waals surface area (Å²) in [4.78, 5) is 29.9. The van der Waals surface area contributed by atoms with Gasteiger partial charge in [-0.15, -0.1) is 0 Å². The Bertz CT molecular complexity index is 813. The Labute approximate surface area is 153 Å². The van der Waals surface area contributed by atoms with E-state index in [1.807, 2.05) is 18.0 Å².